The highest BCUT2D eigenvalue weighted by atomic mass is 35.5. The molecule has 0 radical (unpaired) electrons. The third-order valence-corrected chi connectivity index (χ3v) is 2.94. The van der Waals surface area contributed by atoms with Crippen LogP contribution in [0, 0.1) is 15.9 Å². The van der Waals surface area contributed by atoms with E-state index in [0.717, 1.165) is 18.2 Å². The van der Waals surface area contributed by atoms with Crippen molar-refractivity contribution in [3.63, 3.8) is 0 Å². The lowest BCUT2D eigenvalue weighted by atomic mass is 10.3. The molecule has 6 heteroatoms. The second-order valence-corrected chi connectivity index (χ2v) is 4.34. The van der Waals surface area contributed by atoms with Crippen molar-refractivity contribution >= 4 is 29.1 Å². The fraction of sp³-hybridized carbons (Fsp3) is 0.333. The van der Waals surface area contributed by atoms with Crippen LogP contribution in [0.5, 0.6) is 0 Å². The van der Waals surface area contributed by atoms with E-state index in [1.807, 2.05) is 0 Å². The molecule has 15 heavy (non-hydrogen) atoms. The van der Waals surface area contributed by atoms with Crippen molar-refractivity contribution in [3.05, 3.63) is 34.1 Å². The minimum atomic E-state index is -0.602. The molecular weight excluding hydrogens is 241 g/mol. The second kappa shape index (κ2) is 5.92. The number of non-ortho nitro benzene ring substituents is 1. The first-order valence-corrected chi connectivity index (χ1v) is 5.79. The van der Waals surface area contributed by atoms with Gasteiger partial charge in [0.15, 0.2) is 0 Å². The Hall–Kier alpha value is -0.810. The summed E-state index contributed by atoms with van der Waals surface area (Å²) < 4.78 is 13.0. The van der Waals surface area contributed by atoms with Crippen molar-refractivity contribution in [2.75, 3.05) is 11.6 Å². The molecular formula is C9H9ClFNO2S. The summed E-state index contributed by atoms with van der Waals surface area (Å²) in [6.07, 6.45) is 0.788. The lowest BCUT2D eigenvalue weighted by molar-refractivity contribution is -0.385. The number of rotatable bonds is 5. The lowest BCUT2D eigenvalue weighted by Crippen LogP contribution is -1.90. The van der Waals surface area contributed by atoms with Crippen LogP contribution in [0.3, 0.4) is 0 Å². The van der Waals surface area contributed by atoms with Crippen LogP contribution in [0.2, 0.25) is 0 Å². The Morgan fingerprint density at radius 3 is 2.80 bits per heavy atom. The molecule has 0 saturated carbocycles. The molecule has 0 spiro atoms. The first kappa shape index (κ1) is 12.3. The molecule has 0 amide bonds. The molecule has 0 saturated heterocycles. The quantitative estimate of drug-likeness (QED) is 0.264. The van der Waals surface area contributed by atoms with Gasteiger partial charge in [-0.15, -0.1) is 23.4 Å². The summed E-state index contributed by atoms with van der Waals surface area (Å²) in [7, 11) is 0. The van der Waals surface area contributed by atoms with E-state index in [0.29, 0.717) is 10.8 Å². The molecule has 1 rings (SSSR count). The molecule has 1 aromatic carbocycles. The fourth-order valence-electron chi connectivity index (χ4n) is 0.981. The van der Waals surface area contributed by atoms with E-state index in [1.165, 1.54) is 23.9 Å². The normalized spacial score (nSPS) is 10.3. The number of hydrogen-bond donors (Lipinski definition) is 0. The number of alkyl halides is 1. The molecule has 0 atom stereocenters. The first-order valence-electron chi connectivity index (χ1n) is 4.27. The predicted octanol–water partition coefficient (Wildman–Crippen LogP) is 3.45. The van der Waals surface area contributed by atoms with Gasteiger partial charge in [0.2, 0.25) is 0 Å². The number of hydrogen-bond acceptors (Lipinski definition) is 3. The van der Waals surface area contributed by atoms with Crippen molar-refractivity contribution < 1.29 is 9.31 Å². The van der Waals surface area contributed by atoms with Gasteiger partial charge in [0, 0.05) is 16.8 Å². The zero-order valence-corrected chi connectivity index (χ0v) is 9.35. The molecule has 0 aromatic heterocycles. The Bertz CT molecular complexity index is 362. The molecule has 0 aliphatic heterocycles. The van der Waals surface area contributed by atoms with E-state index < -0.39 is 10.7 Å². The van der Waals surface area contributed by atoms with Crippen LogP contribution in [0.25, 0.3) is 0 Å². The monoisotopic (exact) mass is 249 g/mol. The van der Waals surface area contributed by atoms with Gasteiger partial charge in [-0.2, -0.15) is 0 Å². The summed E-state index contributed by atoms with van der Waals surface area (Å²) in [4.78, 5) is 10.4. The maximum absolute atomic E-state index is 13.0. The Morgan fingerprint density at radius 1 is 1.47 bits per heavy atom. The smallest absolute Gasteiger partial charge is 0.258 e. The van der Waals surface area contributed by atoms with Gasteiger partial charge in [0.1, 0.15) is 5.82 Å². The highest BCUT2D eigenvalue weighted by molar-refractivity contribution is 7.99. The summed E-state index contributed by atoms with van der Waals surface area (Å²) in [5, 5.41) is 10.4. The second-order valence-electron chi connectivity index (χ2n) is 2.79. The first-order chi connectivity index (χ1) is 7.13. The van der Waals surface area contributed by atoms with Gasteiger partial charge in [-0.3, -0.25) is 10.1 Å². The number of nitrogens with zero attached hydrogens (tertiary/aromatic N) is 1. The zero-order valence-electron chi connectivity index (χ0n) is 7.78. The maximum Gasteiger partial charge on any atom is 0.273 e. The van der Waals surface area contributed by atoms with Gasteiger partial charge in [0.05, 0.1) is 11.0 Å². The van der Waals surface area contributed by atoms with Crippen LogP contribution in [0.4, 0.5) is 10.1 Å². The summed E-state index contributed by atoms with van der Waals surface area (Å²) in [5.74, 6) is 0.673. The van der Waals surface area contributed by atoms with E-state index in [1.54, 1.807) is 0 Å². The van der Waals surface area contributed by atoms with E-state index in [9.17, 15) is 14.5 Å². The number of benzene rings is 1. The van der Waals surface area contributed by atoms with Gasteiger partial charge in [0.25, 0.3) is 5.69 Å². The summed E-state index contributed by atoms with van der Waals surface area (Å²) in [6, 6.07) is 3.56. The minimum absolute atomic E-state index is 0.219. The van der Waals surface area contributed by atoms with Crippen LogP contribution < -0.4 is 0 Å². The maximum atomic E-state index is 13.0. The van der Waals surface area contributed by atoms with E-state index in [-0.39, 0.29) is 5.69 Å². The predicted molar refractivity (Wildman–Crippen MR) is 59.1 cm³/mol. The molecule has 0 unspecified atom stereocenters. The number of nitro benzene ring substituents is 1. The van der Waals surface area contributed by atoms with Crippen molar-refractivity contribution in [3.8, 4) is 0 Å². The molecule has 1 aromatic rings. The summed E-state index contributed by atoms with van der Waals surface area (Å²) >= 11 is 6.85. The average molecular weight is 250 g/mol. The number of nitro groups is 1. The number of halogens is 2. The largest absolute Gasteiger partial charge is 0.273 e. The van der Waals surface area contributed by atoms with Gasteiger partial charge in [-0.1, -0.05) is 0 Å². The molecule has 0 aliphatic carbocycles. The van der Waals surface area contributed by atoms with Crippen LogP contribution in [-0.4, -0.2) is 16.6 Å². The van der Waals surface area contributed by atoms with Crippen LogP contribution in [-0.2, 0) is 0 Å². The molecule has 0 aliphatic rings. The van der Waals surface area contributed by atoms with Crippen molar-refractivity contribution in [1.82, 2.24) is 0 Å². The Balaban J connectivity index is 2.75. The van der Waals surface area contributed by atoms with E-state index >= 15 is 0 Å². The minimum Gasteiger partial charge on any atom is -0.258 e. The third kappa shape index (κ3) is 4.05. The van der Waals surface area contributed by atoms with Gasteiger partial charge >= 0.3 is 0 Å². The highest BCUT2D eigenvalue weighted by Gasteiger charge is 2.09. The summed E-state index contributed by atoms with van der Waals surface area (Å²) in [6.45, 7) is 0. The van der Waals surface area contributed by atoms with Crippen molar-refractivity contribution in [1.29, 1.82) is 0 Å². The van der Waals surface area contributed by atoms with E-state index in [4.69, 9.17) is 11.6 Å². The molecule has 3 nitrogen and oxygen atoms in total. The summed E-state index contributed by atoms with van der Waals surface area (Å²) in [5.41, 5.74) is -0.219. The van der Waals surface area contributed by atoms with Gasteiger partial charge in [-0.25, -0.2) is 4.39 Å². The van der Waals surface area contributed by atoms with Crippen LogP contribution >= 0.6 is 23.4 Å². The highest BCUT2D eigenvalue weighted by Crippen LogP contribution is 2.25. The standard InChI is InChI=1S/C9H9ClFNO2S/c10-2-1-3-15-9-5-7(11)4-8(6-9)12(13)14/h4-6H,1-3H2. The molecule has 82 valence electrons. The average Bonchev–Trinajstić information content (AvgIpc) is 2.17. The van der Waals surface area contributed by atoms with Crippen molar-refractivity contribution in [2.45, 2.75) is 11.3 Å². The zero-order chi connectivity index (χ0) is 11.3. The number of thioether (sulfide) groups is 1. The molecule has 0 bridgehead atoms. The van der Waals surface area contributed by atoms with E-state index in [2.05, 4.69) is 0 Å². The topological polar surface area (TPSA) is 43.1 Å². The molecule has 0 N–H and O–H groups in total. The fourth-order valence-corrected chi connectivity index (χ4v) is 2.20. The van der Waals surface area contributed by atoms with Gasteiger partial charge in [-0.05, 0) is 18.2 Å². The van der Waals surface area contributed by atoms with Gasteiger partial charge < -0.3 is 0 Å². The third-order valence-electron chi connectivity index (χ3n) is 1.61. The molecule has 0 fully saturated rings. The van der Waals surface area contributed by atoms with Crippen molar-refractivity contribution in [2.24, 2.45) is 0 Å². The Morgan fingerprint density at radius 2 is 2.20 bits per heavy atom. The SMILES string of the molecule is O=[N+]([O-])c1cc(F)cc(SCCCCl)c1. The van der Waals surface area contributed by atoms with Crippen LogP contribution in [0.1, 0.15) is 6.42 Å². The lowest BCUT2D eigenvalue weighted by Gasteiger charge is -2.00. The van der Waals surface area contributed by atoms with Crippen LogP contribution in [0.15, 0.2) is 23.1 Å². The Kier molecular flexibility index (Phi) is 4.84. The molecule has 0 heterocycles. The Labute approximate surface area is 95.8 Å².